The molecule has 4 rings (SSSR count). The highest BCUT2D eigenvalue weighted by Gasteiger charge is 2.30. The van der Waals surface area contributed by atoms with Gasteiger partial charge in [-0.2, -0.15) is 0 Å². The SMILES string of the molecule is Fc1ccc(-c2c(CBr)c(C3CC3)nc3ccsc23)cc1. The van der Waals surface area contributed by atoms with E-state index in [-0.39, 0.29) is 5.82 Å². The van der Waals surface area contributed by atoms with Crippen molar-refractivity contribution in [3.8, 4) is 11.1 Å². The van der Waals surface area contributed by atoms with E-state index < -0.39 is 0 Å². The zero-order valence-corrected chi connectivity index (χ0v) is 13.7. The third kappa shape index (κ3) is 2.30. The van der Waals surface area contributed by atoms with Crippen LogP contribution in [0.25, 0.3) is 21.3 Å². The summed E-state index contributed by atoms with van der Waals surface area (Å²) in [5, 5.41) is 2.87. The minimum Gasteiger partial charge on any atom is -0.251 e. The first-order valence-corrected chi connectivity index (χ1v) is 9.00. The molecule has 0 atom stereocenters. The molecule has 2 heterocycles. The number of halogens is 2. The molecule has 0 radical (unpaired) electrons. The van der Waals surface area contributed by atoms with E-state index in [4.69, 9.17) is 4.98 Å². The topological polar surface area (TPSA) is 12.9 Å². The van der Waals surface area contributed by atoms with Crippen molar-refractivity contribution in [1.82, 2.24) is 4.98 Å². The van der Waals surface area contributed by atoms with Crippen LogP contribution in [0.5, 0.6) is 0 Å². The Morgan fingerprint density at radius 1 is 1.19 bits per heavy atom. The monoisotopic (exact) mass is 361 g/mol. The van der Waals surface area contributed by atoms with E-state index in [1.54, 1.807) is 11.3 Å². The predicted octanol–water partition coefficient (Wildman–Crippen LogP) is 5.87. The van der Waals surface area contributed by atoms with Gasteiger partial charge in [-0.1, -0.05) is 28.1 Å². The molecule has 106 valence electrons. The van der Waals surface area contributed by atoms with Crippen molar-refractivity contribution in [1.29, 1.82) is 0 Å². The summed E-state index contributed by atoms with van der Waals surface area (Å²) in [4.78, 5) is 4.88. The number of fused-ring (bicyclic) bond motifs is 1. The Balaban J connectivity index is 2.04. The zero-order valence-electron chi connectivity index (χ0n) is 11.3. The highest BCUT2D eigenvalue weighted by Crippen LogP contribution is 2.46. The molecule has 1 aliphatic carbocycles. The van der Waals surface area contributed by atoms with Crippen molar-refractivity contribution in [3.63, 3.8) is 0 Å². The van der Waals surface area contributed by atoms with Crippen molar-refractivity contribution in [2.45, 2.75) is 24.1 Å². The fraction of sp³-hybridized carbons (Fsp3) is 0.235. The Labute approximate surface area is 135 Å². The summed E-state index contributed by atoms with van der Waals surface area (Å²) in [5.41, 5.74) is 5.83. The average molecular weight is 362 g/mol. The van der Waals surface area contributed by atoms with E-state index in [0.29, 0.717) is 5.92 Å². The van der Waals surface area contributed by atoms with Crippen molar-refractivity contribution in [3.05, 3.63) is 52.8 Å². The number of rotatable bonds is 3. The lowest BCUT2D eigenvalue weighted by molar-refractivity contribution is 0.628. The van der Waals surface area contributed by atoms with Crippen LogP contribution in [0, 0.1) is 5.82 Å². The maximum absolute atomic E-state index is 13.2. The third-order valence-electron chi connectivity index (χ3n) is 3.95. The largest absolute Gasteiger partial charge is 0.251 e. The van der Waals surface area contributed by atoms with Gasteiger partial charge in [-0.15, -0.1) is 11.3 Å². The van der Waals surface area contributed by atoms with Crippen LogP contribution in [0.15, 0.2) is 35.7 Å². The molecule has 0 saturated heterocycles. The first-order chi connectivity index (χ1) is 10.3. The van der Waals surface area contributed by atoms with Gasteiger partial charge in [0.25, 0.3) is 0 Å². The van der Waals surface area contributed by atoms with Crippen molar-refractivity contribution in [2.24, 2.45) is 0 Å². The molecular weight excluding hydrogens is 349 g/mol. The van der Waals surface area contributed by atoms with Gasteiger partial charge in [-0.05, 0) is 47.5 Å². The molecule has 0 spiro atoms. The lowest BCUT2D eigenvalue weighted by Crippen LogP contribution is -1.98. The quantitative estimate of drug-likeness (QED) is 0.531. The van der Waals surface area contributed by atoms with Crippen LogP contribution in [-0.2, 0) is 5.33 Å². The molecule has 0 aliphatic heterocycles. The number of aromatic nitrogens is 1. The third-order valence-corrected chi connectivity index (χ3v) is 5.44. The van der Waals surface area contributed by atoms with Gasteiger partial charge in [-0.25, -0.2) is 4.39 Å². The van der Waals surface area contributed by atoms with Gasteiger partial charge in [0.2, 0.25) is 0 Å². The molecular formula is C17H13BrFNS. The van der Waals surface area contributed by atoms with Gasteiger partial charge in [0.15, 0.2) is 0 Å². The molecule has 0 bridgehead atoms. The second-order valence-corrected chi connectivity index (χ2v) is 6.88. The second-order valence-electron chi connectivity index (χ2n) is 5.40. The number of benzene rings is 1. The first-order valence-electron chi connectivity index (χ1n) is 7.00. The molecule has 3 aromatic rings. The summed E-state index contributed by atoms with van der Waals surface area (Å²) in [6.45, 7) is 0. The van der Waals surface area contributed by atoms with Crippen molar-refractivity contribution >= 4 is 37.5 Å². The molecule has 4 heteroatoms. The Morgan fingerprint density at radius 2 is 1.95 bits per heavy atom. The maximum Gasteiger partial charge on any atom is 0.123 e. The Morgan fingerprint density at radius 3 is 2.62 bits per heavy atom. The van der Waals surface area contributed by atoms with Gasteiger partial charge in [0, 0.05) is 22.5 Å². The molecule has 1 fully saturated rings. The number of pyridine rings is 1. The zero-order chi connectivity index (χ0) is 14.4. The Kier molecular flexibility index (Phi) is 3.31. The molecule has 0 amide bonds. The van der Waals surface area contributed by atoms with Gasteiger partial charge in [0.1, 0.15) is 5.82 Å². The Bertz CT molecular complexity index is 806. The van der Waals surface area contributed by atoms with Gasteiger partial charge in [-0.3, -0.25) is 4.98 Å². The molecule has 1 nitrogen and oxygen atoms in total. The Hall–Kier alpha value is -1.26. The molecule has 0 unspecified atom stereocenters. The second kappa shape index (κ2) is 5.18. The smallest absolute Gasteiger partial charge is 0.123 e. The van der Waals surface area contributed by atoms with Crippen molar-refractivity contribution in [2.75, 3.05) is 0 Å². The average Bonchev–Trinajstić information content (AvgIpc) is 3.24. The lowest BCUT2D eigenvalue weighted by atomic mass is 9.97. The molecule has 1 saturated carbocycles. The first kappa shape index (κ1) is 13.4. The number of hydrogen-bond acceptors (Lipinski definition) is 2. The van der Waals surface area contributed by atoms with Crippen LogP contribution in [0.4, 0.5) is 4.39 Å². The van der Waals surface area contributed by atoms with Gasteiger partial charge in [0.05, 0.1) is 10.2 Å². The van der Waals surface area contributed by atoms with Gasteiger partial charge >= 0.3 is 0 Å². The van der Waals surface area contributed by atoms with E-state index >= 15 is 0 Å². The number of thiophene rings is 1. The van der Waals surface area contributed by atoms with Crippen LogP contribution >= 0.6 is 27.3 Å². The maximum atomic E-state index is 13.2. The van der Waals surface area contributed by atoms with Crippen LogP contribution in [0.1, 0.15) is 30.0 Å². The lowest BCUT2D eigenvalue weighted by Gasteiger charge is -2.14. The van der Waals surface area contributed by atoms with Crippen LogP contribution in [0.3, 0.4) is 0 Å². The van der Waals surface area contributed by atoms with E-state index in [2.05, 4.69) is 27.4 Å². The summed E-state index contributed by atoms with van der Waals surface area (Å²) in [5.74, 6) is 0.402. The summed E-state index contributed by atoms with van der Waals surface area (Å²) < 4.78 is 14.4. The van der Waals surface area contributed by atoms with E-state index in [9.17, 15) is 4.39 Å². The van der Waals surface area contributed by atoms with Crippen molar-refractivity contribution < 1.29 is 4.39 Å². The normalized spacial score (nSPS) is 14.8. The molecule has 1 aliphatic rings. The van der Waals surface area contributed by atoms with E-state index in [1.807, 2.05) is 12.1 Å². The fourth-order valence-electron chi connectivity index (χ4n) is 2.79. The standard InChI is InChI=1S/C17H13BrFNS/c18-9-13-15(10-3-5-12(19)6-4-10)17-14(7-8-21-17)20-16(13)11-1-2-11/h3-8,11H,1-2,9H2. The van der Waals surface area contributed by atoms with E-state index in [1.165, 1.54) is 46.5 Å². The highest BCUT2D eigenvalue weighted by molar-refractivity contribution is 9.08. The summed E-state index contributed by atoms with van der Waals surface area (Å²) in [6.07, 6.45) is 2.46. The minimum atomic E-state index is -0.196. The minimum absolute atomic E-state index is 0.196. The summed E-state index contributed by atoms with van der Waals surface area (Å²) >= 11 is 5.34. The molecule has 2 aromatic heterocycles. The number of hydrogen-bond donors (Lipinski definition) is 0. The number of alkyl halides is 1. The van der Waals surface area contributed by atoms with Gasteiger partial charge < -0.3 is 0 Å². The molecule has 1 aromatic carbocycles. The predicted molar refractivity (Wildman–Crippen MR) is 89.6 cm³/mol. The fourth-order valence-corrected chi connectivity index (χ4v) is 4.29. The summed E-state index contributed by atoms with van der Waals surface area (Å²) in [6, 6.07) is 8.88. The molecule has 0 N–H and O–H groups in total. The van der Waals surface area contributed by atoms with Crippen LogP contribution < -0.4 is 0 Å². The van der Waals surface area contributed by atoms with Crippen LogP contribution in [0.2, 0.25) is 0 Å². The van der Waals surface area contributed by atoms with Crippen LogP contribution in [-0.4, -0.2) is 4.98 Å². The number of nitrogens with zero attached hydrogens (tertiary/aromatic N) is 1. The highest BCUT2D eigenvalue weighted by atomic mass is 79.9. The molecule has 21 heavy (non-hydrogen) atoms. The van der Waals surface area contributed by atoms with E-state index in [0.717, 1.165) is 16.4 Å². The summed E-state index contributed by atoms with van der Waals surface area (Å²) in [7, 11) is 0.